The number of aryl methyl sites for hydroxylation is 2. The Kier molecular flexibility index (Phi) is 5.47. The monoisotopic (exact) mass is 420 g/mol. The third-order valence-corrected chi connectivity index (χ3v) is 7.88. The maximum Gasteiger partial charge on any atom is 0.265 e. The van der Waals surface area contributed by atoms with Crippen molar-refractivity contribution in [3.8, 4) is 0 Å². The van der Waals surface area contributed by atoms with Crippen molar-refractivity contribution < 1.29 is 13.2 Å². The summed E-state index contributed by atoms with van der Waals surface area (Å²) in [4.78, 5) is 14.8. The quantitative estimate of drug-likeness (QED) is 0.770. The molecule has 0 radical (unpaired) electrons. The Bertz CT molecular complexity index is 1030. The fourth-order valence-electron chi connectivity index (χ4n) is 3.68. The lowest BCUT2D eigenvalue weighted by Gasteiger charge is -2.33. The van der Waals surface area contributed by atoms with Gasteiger partial charge in [-0.25, -0.2) is 13.6 Å². The zero-order valence-electron chi connectivity index (χ0n) is 17.0. The summed E-state index contributed by atoms with van der Waals surface area (Å²) in [5.74, 6) is 0.405. The Labute approximate surface area is 171 Å². The normalized spacial score (nSPS) is 17.3. The van der Waals surface area contributed by atoms with Crippen molar-refractivity contribution >= 4 is 33.0 Å². The molecule has 1 aromatic heterocycles. The number of hydrogen-bond donors (Lipinski definition) is 2. The SMILES string of the molecule is Cc1cc(S(N)(=O)=O)cc(NC(=O)c2cc3c(s2)CC[C@H](C(C)(C)C)C3)c1C. The van der Waals surface area contributed by atoms with Gasteiger partial charge in [0.05, 0.1) is 9.77 Å². The molecule has 0 unspecified atom stereocenters. The van der Waals surface area contributed by atoms with Gasteiger partial charge in [-0.15, -0.1) is 11.3 Å². The average molecular weight is 421 g/mol. The second-order valence-electron chi connectivity index (χ2n) is 8.78. The van der Waals surface area contributed by atoms with Crippen molar-refractivity contribution in [1.29, 1.82) is 0 Å². The third kappa shape index (κ3) is 4.31. The molecule has 1 atom stereocenters. The standard InChI is InChI=1S/C21H28N2O3S2/c1-12-8-16(28(22,25)26)11-17(13(12)2)23-20(24)19-10-14-9-15(21(3,4)5)6-7-18(14)27-19/h8,10-11,15H,6-7,9H2,1-5H3,(H,23,24)(H2,22,25,26)/t15-/m0/s1. The molecule has 1 aliphatic carbocycles. The molecule has 0 fully saturated rings. The van der Waals surface area contributed by atoms with Crippen LogP contribution in [0.1, 0.15) is 58.4 Å². The van der Waals surface area contributed by atoms with Gasteiger partial charge in [0.1, 0.15) is 0 Å². The van der Waals surface area contributed by atoms with E-state index >= 15 is 0 Å². The van der Waals surface area contributed by atoms with Gasteiger partial charge in [0, 0.05) is 10.6 Å². The maximum absolute atomic E-state index is 12.9. The minimum atomic E-state index is -3.84. The second kappa shape index (κ2) is 7.28. The van der Waals surface area contributed by atoms with E-state index in [4.69, 9.17) is 5.14 Å². The minimum absolute atomic E-state index is 0.00407. The van der Waals surface area contributed by atoms with E-state index in [0.29, 0.717) is 16.5 Å². The van der Waals surface area contributed by atoms with E-state index in [1.54, 1.807) is 18.3 Å². The number of carbonyl (C=O) groups is 1. The number of primary sulfonamides is 1. The summed E-state index contributed by atoms with van der Waals surface area (Å²) in [5.41, 5.74) is 3.60. The third-order valence-electron chi connectivity index (χ3n) is 5.75. The molecule has 3 rings (SSSR count). The van der Waals surface area contributed by atoms with Gasteiger partial charge < -0.3 is 5.32 Å². The van der Waals surface area contributed by atoms with E-state index in [1.165, 1.54) is 22.6 Å². The Morgan fingerprint density at radius 1 is 1.21 bits per heavy atom. The smallest absolute Gasteiger partial charge is 0.265 e. The van der Waals surface area contributed by atoms with Gasteiger partial charge >= 0.3 is 0 Å². The van der Waals surface area contributed by atoms with Gasteiger partial charge in [-0.1, -0.05) is 20.8 Å². The van der Waals surface area contributed by atoms with Crippen LogP contribution in [-0.4, -0.2) is 14.3 Å². The van der Waals surface area contributed by atoms with Crippen LogP contribution in [0.5, 0.6) is 0 Å². The summed E-state index contributed by atoms with van der Waals surface area (Å²) >= 11 is 1.54. The molecule has 5 nitrogen and oxygen atoms in total. The van der Waals surface area contributed by atoms with Crippen LogP contribution in [-0.2, 0) is 22.9 Å². The number of benzene rings is 1. The molecule has 1 aromatic carbocycles. The highest BCUT2D eigenvalue weighted by Crippen LogP contribution is 2.40. The second-order valence-corrected chi connectivity index (χ2v) is 11.5. The van der Waals surface area contributed by atoms with E-state index in [9.17, 15) is 13.2 Å². The van der Waals surface area contributed by atoms with Gasteiger partial charge in [0.25, 0.3) is 5.91 Å². The van der Waals surface area contributed by atoms with Crippen molar-refractivity contribution in [3.05, 3.63) is 44.6 Å². The van der Waals surface area contributed by atoms with Crippen LogP contribution in [0.15, 0.2) is 23.1 Å². The lowest BCUT2D eigenvalue weighted by atomic mass is 9.72. The highest BCUT2D eigenvalue weighted by Gasteiger charge is 2.30. The van der Waals surface area contributed by atoms with Crippen LogP contribution in [0.2, 0.25) is 0 Å². The number of nitrogens with two attached hydrogens (primary N) is 1. The number of anilines is 1. The summed E-state index contributed by atoms with van der Waals surface area (Å²) in [6.07, 6.45) is 3.16. The van der Waals surface area contributed by atoms with E-state index in [0.717, 1.165) is 30.4 Å². The highest BCUT2D eigenvalue weighted by atomic mass is 32.2. The fourth-order valence-corrected chi connectivity index (χ4v) is 5.41. The molecule has 152 valence electrons. The van der Waals surface area contributed by atoms with Crippen LogP contribution in [0.3, 0.4) is 0 Å². The first kappa shape index (κ1) is 21.0. The van der Waals surface area contributed by atoms with E-state index < -0.39 is 10.0 Å². The van der Waals surface area contributed by atoms with E-state index in [1.807, 2.05) is 13.0 Å². The topological polar surface area (TPSA) is 89.3 Å². The Morgan fingerprint density at radius 3 is 2.50 bits per heavy atom. The van der Waals surface area contributed by atoms with E-state index in [-0.39, 0.29) is 16.2 Å². The Balaban J connectivity index is 1.86. The van der Waals surface area contributed by atoms with Crippen LogP contribution in [0.25, 0.3) is 0 Å². The molecule has 0 aliphatic heterocycles. The molecule has 1 heterocycles. The van der Waals surface area contributed by atoms with Crippen LogP contribution < -0.4 is 10.5 Å². The number of thiophene rings is 1. The molecular weight excluding hydrogens is 392 g/mol. The van der Waals surface area contributed by atoms with Crippen LogP contribution >= 0.6 is 11.3 Å². The number of rotatable bonds is 3. The van der Waals surface area contributed by atoms with Crippen molar-refractivity contribution in [2.45, 2.75) is 58.8 Å². The molecule has 1 amide bonds. The first-order chi connectivity index (χ1) is 12.9. The minimum Gasteiger partial charge on any atom is -0.321 e. The average Bonchev–Trinajstić information content (AvgIpc) is 3.00. The fraction of sp³-hybridized carbons (Fsp3) is 0.476. The number of carbonyl (C=O) groups excluding carboxylic acids is 1. The molecule has 2 aromatic rings. The molecular formula is C21H28N2O3S2. The Hall–Kier alpha value is -1.70. The summed E-state index contributed by atoms with van der Waals surface area (Å²) in [6.45, 7) is 10.5. The molecule has 0 spiro atoms. The largest absolute Gasteiger partial charge is 0.321 e. The summed E-state index contributed by atoms with van der Waals surface area (Å²) in [6, 6.07) is 4.95. The first-order valence-electron chi connectivity index (χ1n) is 9.43. The number of sulfonamides is 1. The lowest BCUT2D eigenvalue weighted by Crippen LogP contribution is -2.26. The summed E-state index contributed by atoms with van der Waals surface area (Å²) in [7, 11) is -3.84. The van der Waals surface area contributed by atoms with E-state index in [2.05, 4.69) is 26.1 Å². The predicted octanol–water partition coefficient (Wildman–Crippen LogP) is 4.42. The predicted molar refractivity (Wildman–Crippen MR) is 115 cm³/mol. The van der Waals surface area contributed by atoms with Crippen molar-refractivity contribution in [3.63, 3.8) is 0 Å². The molecule has 0 bridgehead atoms. The number of hydrogen-bond acceptors (Lipinski definition) is 4. The number of amides is 1. The highest BCUT2D eigenvalue weighted by molar-refractivity contribution is 7.89. The maximum atomic E-state index is 12.9. The molecule has 0 saturated heterocycles. The zero-order valence-corrected chi connectivity index (χ0v) is 18.7. The molecule has 1 aliphatic rings. The zero-order chi connectivity index (χ0) is 20.9. The van der Waals surface area contributed by atoms with Crippen molar-refractivity contribution in [2.24, 2.45) is 16.5 Å². The van der Waals surface area contributed by atoms with Crippen molar-refractivity contribution in [1.82, 2.24) is 0 Å². The molecule has 28 heavy (non-hydrogen) atoms. The van der Waals surface area contributed by atoms with Gasteiger partial charge in [-0.05, 0) is 79.3 Å². The number of fused-ring (bicyclic) bond motifs is 1. The lowest BCUT2D eigenvalue weighted by molar-refractivity contribution is 0.103. The van der Waals surface area contributed by atoms with Gasteiger partial charge in [-0.3, -0.25) is 4.79 Å². The Morgan fingerprint density at radius 2 is 1.89 bits per heavy atom. The van der Waals surface area contributed by atoms with Gasteiger partial charge in [-0.2, -0.15) is 0 Å². The van der Waals surface area contributed by atoms with Gasteiger partial charge in [0.2, 0.25) is 10.0 Å². The summed E-state index contributed by atoms with van der Waals surface area (Å²) < 4.78 is 23.4. The summed E-state index contributed by atoms with van der Waals surface area (Å²) in [5, 5.41) is 8.14. The molecule has 3 N–H and O–H groups in total. The number of nitrogens with one attached hydrogen (secondary N) is 1. The first-order valence-corrected chi connectivity index (χ1v) is 11.8. The van der Waals surface area contributed by atoms with Crippen LogP contribution in [0, 0.1) is 25.2 Å². The molecule has 0 saturated carbocycles. The van der Waals surface area contributed by atoms with Gasteiger partial charge in [0.15, 0.2) is 0 Å². The van der Waals surface area contributed by atoms with Crippen molar-refractivity contribution in [2.75, 3.05) is 5.32 Å². The molecule has 7 heteroatoms. The van der Waals surface area contributed by atoms with Crippen LogP contribution in [0.4, 0.5) is 5.69 Å².